The molecule has 1 aliphatic rings. The SMILES string of the molecule is CC(C)(C)OC(=O)CC[C@H](NC(=O)OCC1c2ccccc2-c2ccccc21)C(=O)Nc1ccc(Cl)cc1. The largest absolute Gasteiger partial charge is 0.460 e. The molecule has 0 radical (unpaired) electrons. The zero-order chi connectivity index (χ0) is 27.3. The lowest BCUT2D eigenvalue weighted by Gasteiger charge is -2.22. The molecule has 0 saturated heterocycles. The highest BCUT2D eigenvalue weighted by Gasteiger charge is 2.30. The lowest BCUT2D eigenvalue weighted by Crippen LogP contribution is -2.44. The van der Waals surface area contributed by atoms with Crippen LogP contribution < -0.4 is 10.6 Å². The molecule has 3 aromatic carbocycles. The van der Waals surface area contributed by atoms with E-state index in [1.807, 2.05) is 36.4 Å². The van der Waals surface area contributed by atoms with Crippen LogP contribution in [0.2, 0.25) is 5.02 Å². The number of hydrogen-bond donors (Lipinski definition) is 2. The van der Waals surface area contributed by atoms with E-state index in [0.29, 0.717) is 10.7 Å². The molecule has 3 aromatic rings. The highest BCUT2D eigenvalue weighted by molar-refractivity contribution is 6.30. The van der Waals surface area contributed by atoms with Gasteiger partial charge >= 0.3 is 12.1 Å². The number of ether oxygens (including phenoxy) is 2. The number of anilines is 1. The maximum atomic E-state index is 13.1. The van der Waals surface area contributed by atoms with Gasteiger partial charge in [-0.05, 0) is 73.7 Å². The third-order valence-electron chi connectivity index (χ3n) is 6.12. The fourth-order valence-electron chi connectivity index (χ4n) is 4.47. The lowest BCUT2D eigenvalue weighted by molar-refractivity contribution is -0.155. The van der Waals surface area contributed by atoms with E-state index in [0.717, 1.165) is 22.3 Å². The minimum atomic E-state index is -1.02. The fraction of sp³-hybridized carbons (Fsp3) is 0.300. The molecular formula is C30H31ClN2O5. The molecule has 1 aliphatic carbocycles. The molecule has 0 heterocycles. The van der Waals surface area contributed by atoms with Gasteiger partial charge in [0.25, 0.3) is 0 Å². The molecule has 0 unspecified atom stereocenters. The van der Waals surface area contributed by atoms with E-state index in [1.54, 1.807) is 45.0 Å². The van der Waals surface area contributed by atoms with Crippen molar-refractivity contribution < 1.29 is 23.9 Å². The molecule has 38 heavy (non-hydrogen) atoms. The quantitative estimate of drug-likeness (QED) is 0.330. The molecule has 2 N–H and O–H groups in total. The van der Waals surface area contributed by atoms with Gasteiger partial charge in [-0.2, -0.15) is 0 Å². The number of alkyl carbamates (subject to hydrolysis) is 1. The Kier molecular flexibility index (Phi) is 8.37. The zero-order valence-electron chi connectivity index (χ0n) is 21.6. The summed E-state index contributed by atoms with van der Waals surface area (Å²) in [5, 5.41) is 5.91. The van der Waals surface area contributed by atoms with E-state index in [1.165, 1.54) is 0 Å². The van der Waals surface area contributed by atoms with Gasteiger partial charge in [0.1, 0.15) is 18.2 Å². The minimum Gasteiger partial charge on any atom is -0.460 e. The van der Waals surface area contributed by atoms with Crippen LogP contribution in [0.1, 0.15) is 50.7 Å². The summed E-state index contributed by atoms with van der Waals surface area (Å²) in [6, 6.07) is 21.7. The van der Waals surface area contributed by atoms with Crippen molar-refractivity contribution in [2.24, 2.45) is 0 Å². The molecule has 0 fully saturated rings. The Bertz CT molecular complexity index is 1270. The number of carbonyl (C=O) groups excluding carboxylic acids is 3. The molecule has 198 valence electrons. The van der Waals surface area contributed by atoms with Crippen molar-refractivity contribution >= 4 is 35.3 Å². The smallest absolute Gasteiger partial charge is 0.407 e. The maximum Gasteiger partial charge on any atom is 0.407 e. The Balaban J connectivity index is 1.42. The van der Waals surface area contributed by atoms with Crippen LogP contribution in [0.5, 0.6) is 0 Å². The molecule has 0 aliphatic heterocycles. The Labute approximate surface area is 227 Å². The number of carbonyl (C=O) groups is 3. The standard InChI is InChI=1S/C30H31ClN2O5/c1-30(2,3)38-27(34)17-16-26(28(35)32-20-14-12-19(31)13-15-20)33-29(36)37-18-25-23-10-6-4-8-21(23)22-9-5-7-11-24(22)25/h4-15,25-26H,16-18H2,1-3H3,(H,32,35)(H,33,36)/t26-/m0/s1. The van der Waals surface area contributed by atoms with E-state index < -0.39 is 29.6 Å². The number of nitrogens with one attached hydrogen (secondary N) is 2. The normalized spacial score (nSPS) is 13.2. The van der Waals surface area contributed by atoms with E-state index in [2.05, 4.69) is 22.8 Å². The number of halogens is 1. The summed E-state index contributed by atoms with van der Waals surface area (Å²) in [5.41, 5.74) is 4.27. The van der Waals surface area contributed by atoms with E-state index in [4.69, 9.17) is 21.1 Å². The molecule has 1 atom stereocenters. The van der Waals surface area contributed by atoms with E-state index in [-0.39, 0.29) is 25.4 Å². The first-order valence-corrected chi connectivity index (χ1v) is 12.9. The topological polar surface area (TPSA) is 93.7 Å². The number of fused-ring (bicyclic) bond motifs is 3. The number of hydrogen-bond acceptors (Lipinski definition) is 5. The van der Waals surface area contributed by atoms with Crippen molar-refractivity contribution in [2.45, 2.75) is 51.2 Å². The number of benzene rings is 3. The van der Waals surface area contributed by atoms with Crippen LogP contribution in [0.3, 0.4) is 0 Å². The summed E-state index contributed by atoms with van der Waals surface area (Å²) in [7, 11) is 0. The van der Waals surface area contributed by atoms with Gasteiger partial charge in [0.15, 0.2) is 0 Å². The summed E-state index contributed by atoms with van der Waals surface area (Å²) in [6.45, 7) is 5.41. The van der Waals surface area contributed by atoms with Gasteiger partial charge in [-0.15, -0.1) is 0 Å². The molecule has 0 bridgehead atoms. The van der Waals surface area contributed by atoms with Crippen LogP contribution in [0, 0.1) is 0 Å². The molecule has 0 spiro atoms. The van der Waals surface area contributed by atoms with E-state index >= 15 is 0 Å². The summed E-state index contributed by atoms with van der Waals surface area (Å²) in [6.07, 6.45) is -0.759. The molecule has 4 rings (SSSR count). The van der Waals surface area contributed by atoms with Crippen molar-refractivity contribution in [3.05, 3.63) is 88.9 Å². The molecule has 8 heteroatoms. The predicted molar refractivity (Wildman–Crippen MR) is 147 cm³/mol. The third-order valence-corrected chi connectivity index (χ3v) is 6.37. The first-order valence-electron chi connectivity index (χ1n) is 12.5. The highest BCUT2D eigenvalue weighted by Crippen LogP contribution is 2.44. The Morgan fingerprint density at radius 2 is 1.47 bits per heavy atom. The molecule has 7 nitrogen and oxygen atoms in total. The van der Waals surface area contributed by atoms with Crippen LogP contribution in [0.4, 0.5) is 10.5 Å². The highest BCUT2D eigenvalue weighted by atomic mass is 35.5. The van der Waals surface area contributed by atoms with Crippen LogP contribution in [-0.4, -0.2) is 36.2 Å². The third kappa shape index (κ3) is 6.92. The lowest BCUT2D eigenvalue weighted by atomic mass is 9.98. The van der Waals surface area contributed by atoms with Gasteiger partial charge in [0, 0.05) is 23.0 Å². The first-order chi connectivity index (χ1) is 18.1. The van der Waals surface area contributed by atoms with Gasteiger partial charge in [-0.3, -0.25) is 9.59 Å². The molecule has 2 amide bonds. The van der Waals surface area contributed by atoms with E-state index in [9.17, 15) is 14.4 Å². The average Bonchev–Trinajstić information content (AvgIpc) is 3.19. The van der Waals surface area contributed by atoms with Crippen LogP contribution >= 0.6 is 11.6 Å². The predicted octanol–water partition coefficient (Wildman–Crippen LogP) is 6.31. The van der Waals surface area contributed by atoms with Gasteiger partial charge in [-0.1, -0.05) is 60.1 Å². The molecule has 0 saturated carbocycles. The number of amides is 2. The van der Waals surface area contributed by atoms with Crippen LogP contribution in [0.25, 0.3) is 11.1 Å². The second-order valence-electron chi connectivity index (χ2n) is 10.1. The van der Waals surface area contributed by atoms with Gasteiger partial charge in [0.2, 0.25) is 5.91 Å². The van der Waals surface area contributed by atoms with Crippen molar-refractivity contribution in [2.75, 3.05) is 11.9 Å². The Morgan fingerprint density at radius 1 is 0.895 bits per heavy atom. The number of esters is 1. The van der Waals surface area contributed by atoms with Gasteiger partial charge in [-0.25, -0.2) is 4.79 Å². The Morgan fingerprint density at radius 3 is 2.05 bits per heavy atom. The summed E-state index contributed by atoms with van der Waals surface area (Å²) < 4.78 is 11.0. The van der Waals surface area contributed by atoms with Crippen molar-refractivity contribution in [1.82, 2.24) is 5.32 Å². The Hall–Kier alpha value is -3.84. The molecular weight excluding hydrogens is 504 g/mol. The second kappa shape index (κ2) is 11.7. The first kappa shape index (κ1) is 27.2. The second-order valence-corrected chi connectivity index (χ2v) is 10.6. The van der Waals surface area contributed by atoms with Gasteiger partial charge in [0.05, 0.1) is 0 Å². The summed E-state index contributed by atoms with van der Waals surface area (Å²) in [4.78, 5) is 38.2. The zero-order valence-corrected chi connectivity index (χ0v) is 22.4. The van der Waals surface area contributed by atoms with Crippen LogP contribution in [-0.2, 0) is 19.1 Å². The van der Waals surface area contributed by atoms with Crippen molar-refractivity contribution in [1.29, 1.82) is 0 Å². The summed E-state index contributed by atoms with van der Waals surface area (Å²) in [5.74, 6) is -1.06. The van der Waals surface area contributed by atoms with Crippen LogP contribution in [0.15, 0.2) is 72.8 Å². The summed E-state index contributed by atoms with van der Waals surface area (Å²) >= 11 is 5.93. The maximum absolute atomic E-state index is 13.1. The van der Waals surface area contributed by atoms with Crippen molar-refractivity contribution in [3.8, 4) is 11.1 Å². The fourth-order valence-corrected chi connectivity index (χ4v) is 4.59. The monoisotopic (exact) mass is 534 g/mol. The minimum absolute atomic E-state index is 0.0402. The average molecular weight is 535 g/mol. The van der Waals surface area contributed by atoms with Gasteiger partial charge < -0.3 is 20.1 Å². The number of rotatable bonds is 8. The molecule has 0 aromatic heterocycles. The van der Waals surface area contributed by atoms with Crippen molar-refractivity contribution in [3.63, 3.8) is 0 Å².